The van der Waals surface area contributed by atoms with Gasteiger partial charge in [0.15, 0.2) is 0 Å². The number of carbonyl (C=O) groups excluding carboxylic acids is 1. The Kier molecular flexibility index (Phi) is 3.64. The van der Waals surface area contributed by atoms with Crippen molar-refractivity contribution in [2.45, 2.75) is 18.5 Å². The van der Waals surface area contributed by atoms with Crippen LogP contribution < -0.4 is 4.90 Å². The van der Waals surface area contributed by atoms with Crippen LogP contribution in [-0.2, 0) is 4.79 Å². The van der Waals surface area contributed by atoms with Crippen LogP contribution in [0.15, 0.2) is 52.7 Å². The molecular formula is C16H14ClFN2O. The van der Waals surface area contributed by atoms with E-state index in [0.717, 1.165) is 23.2 Å². The van der Waals surface area contributed by atoms with Crippen molar-refractivity contribution in [1.29, 1.82) is 0 Å². The number of allylic oxidation sites excluding steroid dienone is 3. The molecule has 0 aromatic heterocycles. The lowest BCUT2D eigenvalue weighted by molar-refractivity contribution is -0.109. The van der Waals surface area contributed by atoms with Crippen molar-refractivity contribution in [3.63, 3.8) is 0 Å². The molecule has 0 spiro atoms. The average Bonchev–Trinajstić information content (AvgIpc) is 2.47. The third kappa shape index (κ3) is 2.40. The van der Waals surface area contributed by atoms with E-state index in [2.05, 4.69) is 4.99 Å². The van der Waals surface area contributed by atoms with Gasteiger partial charge in [-0.25, -0.2) is 4.39 Å². The van der Waals surface area contributed by atoms with Gasteiger partial charge in [-0.2, -0.15) is 0 Å². The highest BCUT2D eigenvalue weighted by molar-refractivity contribution is 6.21. The third-order valence-corrected chi connectivity index (χ3v) is 4.23. The number of dihydropyridines is 1. The summed E-state index contributed by atoms with van der Waals surface area (Å²) in [6.07, 6.45) is 6.43. The fourth-order valence-corrected chi connectivity index (χ4v) is 3.27. The predicted octanol–water partition coefficient (Wildman–Crippen LogP) is 3.31. The van der Waals surface area contributed by atoms with Gasteiger partial charge < -0.3 is 9.69 Å². The molecule has 21 heavy (non-hydrogen) atoms. The van der Waals surface area contributed by atoms with Crippen molar-refractivity contribution in [2.75, 3.05) is 4.90 Å². The van der Waals surface area contributed by atoms with E-state index in [1.54, 1.807) is 18.3 Å². The number of aliphatic imine (C=N–C) groups is 1. The van der Waals surface area contributed by atoms with E-state index in [1.807, 2.05) is 24.0 Å². The normalized spacial score (nSPS) is 27.8. The largest absolute Gasteiger partial charge is 0.334 e. The number of benzene rings is 1. The van der Waals surface area contributed by atoms with E-state index in [1.165, 1.54) is 12.1 Å². The fourth-order valence-electron chi connectivity index (χ4n) is 2.91. The molecule has 0 amide bonds. The molecule has 0 fully saturated rings. The Balaban J connectivity index is 2.08. The first kappa shape index (κ1) is 14.0. The number of anilines is 1. The zero-order chi connectivity index (χ0) is 15.0. The maximum atomic E-state index is 13.1. The molecule has 2 heterocycles. The van der Waals surface area contributed by atoms with Crippen LogP contribution in [0.1, 0.15) is 6.92 Å². The third-order valence-electron chi connectivity index (χ3n) is 3.84. The van der Waals surface area contributed by atoms with Crippen molar-refractivity contribution in [2.24, 2.45) is 10.9 Å². The minimum atomic E-state index is -0.479. The van der Waals surface area contributed by atoms with Gasteiger partial charge in [-0.1, -0.05) is 11.6 Å². The van der Waals surface area contributed by atoms with Gasteiger partial charge >= 0.3 is 0 Å². The number of aldehydes is 1. The second-order valence-corrected chi connectivity index (χ2v) is 5.57. The van der Waals surface area contributed by atoms with Crippen LogP contribution in [0.3, 0.4) is 0 Å². The lowest BCUT2D eigenvalue weighted by atomic mass is 9.84. The Labute approximate surface area is 127 Å². The SMILES string of the molecule is CC1=CC2=CC=NC(Cl)C2C(C=O)N1c1ccc(F)cc1. The van der Waals surface area contributed by atoms with Gasteiger partial charge in [0.25, 0.3) is 0 Å². The van der Waals surface area contributed by atoms with Crippen LogP contribution in [-0.4, -0.2) is 24.0 Å². The molecule has 3 atom stereocenters. The van der Waals surface area contributed by atoms with Crippen molar-refractivity contribution in [1.82, 2.24) is 0 Å². The smallest absolute Gasteiger partial charge is 0.143 e. The number of carbonyl (C=O) groups is 1. The highest BCUT2D eigenvalue weighted by Crippen LogP contribution is 2.38. The molecule has 2 aliphatic heterocycles. The number of hydrogen-bond donors (Lipinski definition) is 0. The van der Waals surface area contributed by atoms with Gasteiger partial charge in [-0.05, 0) is 48.9 Å². The Morgan fingerprint density at radius 3 is 2.71 bits per heavy atom. The lowest BCUT2D eigenvalue weighted by Gasteiger charge is -2.42. The first-order valence-electron chi connectivity index (χ1n) is 6.67. The molecule has 3 nitrogen and oxygen atoms in total. The Morgan fingerprint density at radius 2 is 2.05 bits per heavy atom. The lowest BCUT2D eigenvalue weighted by Crippen LogP contribution is -2.48. The summed E-state index contributed by atoms with van der Waals surface area (Å²) in [5.41, 5.74) is 2.20. The maximum absolute atomic E-state index is 13.1. The Bertz CT molecular complexity index is 651. The van der Waals surface area contributed by atoms with Gasteiger partial charge in [0.05, 0.1) is 6.04 Å². The molecule has 0 aliphatic carbocycles. The summed E-state index contributed by atoms with van der Waals surface area (Å²) in [4.78, 5) is 17.7. The van der Waals surface area contributed by atoms with Crippen molar-refractivity contribution < 1.29 is 9.18 Å². The molecule has 0 N–H and O–H groups in total. The van der Waals surface area contributed by atoms with E-state index < -0.39 is 11.5 Å². The second kappa shape index (κ2) is 5.45. The number of hydrogen-bond acceptors (Lipinski definition) is 3. The second-order valence-electron chi connectivity index (χ2n) is 5.12. The van der Waals surface area contributed by atoms with Crippen LogP contribution in [0.4, 0.5) is 10.1 Å². The number of halogens is 2. The van der Waals surface area contributed by atoms with Gasteiger partial charge in [0.1, 0.15) is 17.6 Å². The van der Waals surface area contributed by atoms with Crippen molar-refractivity contribution >= 4 is 29.8 Å². The molecule has 0 saturated heterocycles. The Morgan fingerprint density at radius 1 is 1.33 bits per heavy atom. The Hall–Kier alpha value is -1.94. The van der Waals surface area contributed by atoms with Crippen LogP contribution >= 0.6 is 11.6 Å². The molecule has 2 aliphatic rings. The van der Waals surface area contributed by atoms with E-state index in [4.69, 9.17) is 11.6 Å². The minimum Gasteiger partial charge on any atom is -0.334 e. The van der Waals surface area contributed by atoms with E-state index in [-0.39, 0.29) is 11.7 Å². The summed E-state index contributed by atoms with van der Waals surface area (Å²) in [6.45, 7) is 1.92. The predicted molar refractivity (Wildman–Crippen MR) is 82.2 cm³/mol. The van der Waals surface area contributed by atoms with Crippen molar-refractivity contribution in [3.05, 3.63) is 53.5 Å². The monoisotopic (exact) mass is 304 g/mol. The zero-order valence-electron chi connectivity index (χ0n) is 11.4. The zero-order valence-corrected chi connectivity index (χ0v) is 12.2. The first-order chi connectivity index (χ1) is 10.1. The fraction of sp³-hybridized carbons (Fsp3) is 0.250. The van der Waals surface area contributed by atoms with Crippen LogP contribution in [0.2, 0.25) is 0 Å². The average molecular weight is 305 g/mol. The molecule has 0 bridgehead atoms. The molecular weight excluding hydrogens is 291 g/mol. The van der Waals surface area contributed by atoms with E-state index >= 15 is 0 Å². The summed E-state index contributed by atoms with van der Waals surface area (Å²) in [5.74, 6) is -0.513. The van der Waals surface area contributed by atoms with Crippen LogP contribution in [0.5, 0.6) is 0 Å². The van der Waals surface area contributed by atoms with Crippen molar-refractivity contribution in [3.8, 4) is 0 Å². The standard InChI is InChI=1S/C16H14ClFN2O/c1-10-8-11-6-7-19-16(17)15(11)14(9-21)20(10)13-4-2-12(18)3-5-13/h2-9,14-16H,1H3. The molecule has 0 radical (unpaired) electrons. The first-order valence-corrected chi connectivity index (χ1v) is 7.11. The van der Waals surface area contributed by atoms with Crippen LogP contribution in [0.25, 0.3) is 0 Å². The summed E-state index contributed by atoms with van der Waals surface area (Å²) in [5, 5.41) is 0. The highest BCUT2D eigenvalue weighted by atomic mass is 35.5. The number of nitrogens with zero attached hydrogens (tertiary/aromatic N) is 2. The summed E-state index contributed by atoms with van der Waals surface area (Å²) in [7, 11) is 0. The molecule has 1 aromatic rings. The maximum Gasteiger partial charge on any atom is 0.143 e. The number of fused-ring (bicyclic) bond motifs is 1. The molecule has 0 saturated carbocycles. The van der Waals surface area contributed by atoms with Gasteiger partial charge in [-0.3, -0.25) is 4.99 Å². The van der Waals surface area contributed by atoms with Gasteiger partial charge in [0.2, 0.25) is 0 Å². The number of rotatable bonds is 2. The molecule has 5 heteroatoms. The van der Waals surface area contributed by atoms with E-state index in [9.17, 15) is 9.18 Å². The molecule has 3 unspecified atom stereocenters. The molecule has 108 valence electrons. The quantitative estimate of drug-likeness (QED) is 0.477. The van der Waals surface area contributed by atoms with Gasteiger partial charge in [0, 0.05) is 23.5 Å². The summed E-state index contributed by atoms with van der Waals surface area (Å²) >= 11 is 6.28. The summed E-state index contributed by atoms with van der Waals surface area (Å²) in [6, 6.07) is 5.63. The molecule has 1 aromatic carbocycles. The number of alkyl halides is 1. The highest BCUT2D eigenvalue weighted by Gasteiger charge is 2.39. The van der Waals surface area contributed by atoms with Gasteiger partial charge in [-0.15, -0.1) is 0 Å². The topological polar surface area (TPSA) is 32.7 Å². The molecule has 3 rings (SSSR count). The minimum absolute atomic E-state index is 0.206. The van der Waals surface area contributed by atoms with Crippen LogP contribution in [0, 0.1) is 11.7 Å². The van der Waals surface area contributed by atoms with E-state index in [0.29, 0.717) is 0 Å². The summed E-state index contributed by atoms with van der Waals surface area (Å²) < 4.78 is 13.1.